The van der Waals surface area contributed by atoms with Crippen molar-refractivity contribution in [3.8, 4) is 0 Å². The molecule has 0 saturated carbocycles. The number of carbonyl (C=O) groups excluding carboxylic acids is 1. The lowest BCUT2D eigenvalue weighted by Gasteiger charge is -2.44. The fourth-order valence-corrected chi connectivity index (χ4v) is 3.24. The average molecular weight is 345 g/mol. The Balaban J connectivity index is 1.30. The Labute approximate surface area is 145 Å². The lowest BCUT2D eigenvalue weighted by Crippen LogP contribution is -2.61. The molecular formula is C16H23N7O2. The van der Waals surface area contributed by atoms with E-state index in [9.17, 15) is 4.79 Å². The minimum Gasteiger partial charge on any atom is -0.376 e. The van der Waals surface area contributed by atoms with Crippen LogP contribution in [0.5, 0.6) is 0 Å². The van der Waals surface area contributed by atoms with Gasteiger partial charge in [-0.25, -0.2) is 4.79 Å². The fraction of sp³-hybridized carbons (Fsp3) is 0.625. The summed E-state index contributed by atoms with van der Waals surface area (Å²) in [5, 5.41) is 15.6. The highest BCUT2D eigenvalue weighted by molar-refractivity contribution is 5.74. The number of amides is 2. The highest BCUT2D eigenvalue weighted by Gasteiger charge is 2.33. The monoisotopic (exact) mass is 345 g/mol. The zero-order chi connectivity index (χ0) is 17.4. The van der Waals surface area contributed by atoms with E-state index in [1.54, 1.807) is 9.42 Å². The molecule has 2 saturated heterocycles. The van der Waals surface area contributed by atoms with E-state index in [0.29, 0.717) is 6.54 Å². The highest BCUT2D eigenvalue weighted by atomic mass is 16.5. The van der Waals surface area contributed by atoms with Crippen molar-refractivity contribution >= 4 is 17.5 Å². The molecule has 0 radical (unpaired) electrons. The van der Waals surface area contributed by atoms with Gasteiger partial charge < -0.3 is 19.9 Å². The Morgan fingerprint density at radius 1 is 1.40 bits per heavy atom. The maximum atomic E-state index is 12.3. The van der Waals surface area contributed by atoms with Crippen molar-refractivity contribution in [2.24, 2.45) is 0 Å². The van der Waals surface area contributed by atoms with E-state index in [2.05, 4.69) is 25.5 Å². The van der Waals surface area contributed by atoms with Crippen LogP contribution in [0.1, 0.15) is 18.7 Å². The van der Waals surface area contributed by atoms with Gasteiger partial charge >= 0.3 is 6.03 Å². The molecular weight excluding hydrogens is 322 g/mol. The standard InChI is InChI=1S/C16H23N7O2/c1-11-18-19-14-5-6-15(20-23(11)14)22-9-12(10-22)21(2)16(24)17-8-13-4-3-7-25-13/h5-6,12-13H,3-4,7-10H2,1-2H3,(H,17,24). The van der Waals surface area contributed by atoms with Gasteiger partial charge in [-0.2, -0.15) is 4.52 Å². The molecule has 1 atom stereocenters. The summed E-state index contributed by atoms with van der Waals surface area (Å²) >= 11 is 0. The van der Waals surface area contributed by atoms with Crippen LogP contribution in [0.4, 0.5) is 10.6 Å². The molecule has 2 aliphatic rings. The first-order chi connectivity index (χ1) is 12.1. The van der Waals surface area contributed by atoms with E-state index in [1.807, 2.05) is 26.1 Å². The molecule has 0 aliphatic carbocycles. The predicted octanol–water partition coefficient (Wildman–Crippen LogP) is 0.442. The number of urea groups is 1. The van der Waals surface area contributed by atoms with Gasteiger partial charge in [-0.1, -0.05) is 0 Å². The quantitative estimate of drug-likeness (QED) is 0.865. The molecule has 1 unspecified atom stereocenters. The molecule has 9 nitrogen and oxygen atoms in total. The first-order valence-corrected chi connectivity index (χ1v) is 8.68. The zero-order valence-corrected chi connectivity index (χ0v) is 14.6. The third kappa shape index (κ3) is 3.11. The summed E-state index contributed by atoms with van der Waals surface area (Å²) in [7, 11) is 1.84. The number of nitrogens with one attached hydrogen (secondary N) is 1. The molecule has 0 bridgehead atoms. The third-order valence-corrected chi connectivity index (χ3v) is 4.96. The van der Waals surface area contributed by atoms with Gasteiger partial charge in [0.1, 0.15) is 5.82 Å². The number of carbonyl (C=O) groups is 1. The van der Waals surface area contributed by atoms with Gasteiger partial charge in [0.15, 0.2) is 11.5 Å². The van der Waals surface area contributed by atoms with Crippen molar-refractivity contribution in [2.45, 2.75) is 31.9 Å². The van der Waals surface area contributed by atoms with Crippen molar-refractivity contribution in [3.63, 3.8) is 0 Å². The molecule has 2 amide bonds. The fourth-order valence-electron chi connectivity index (χ4n) is 3.24. The van der Waals surface area contributed by atoms with Gasteiger partial charge in [0.25, 0.3) is 0 Å². The minimum atomic E-state index is -0.0433. The first kappa shape index (κ1) is 16.1. The summed E-state index contributed by atoms with van der Waals surface area (Å²) in [6, 6.07) is 3.99. The van der Waals surface area contributed by atoms with Gasteiger partial charge in [0, 0.05) is 33.3 Å². The Hall–Kier alpha value is -2.42. The van der Waals surface area contributed by atoms with E-state index in [4.69, 9.17) is 4.74 Å². The van der Waals surface area contributed by atoms with Gasteiger partial charge in [0.2, 0.25) is 0 Å². The molecule has 9 heteroatoms. The van der Waals surface area contributed by atoms with E-state index in [0.717, 1.165) is 49.8 Å². The average Bonchev–Trinajstić information content (AvgIpc) is 3.21. The van der Waals surface area contributed by atoms with Crippen LogP contribution in [0.3, 0.4) is 0 Å². The van der Waals surface area contributed by atoms with E-state index in [-0.39, 0.29) is 18.2 Å². The van der Waals surface area contributed by atoms with Gasteiger partial charge in [-0.3, -0.25) is 0 Å². The van der Waals surface area contributed by atoms with Crippen molar-refractivity contribution in [1.82, 2.24) is 30.0 Å². The van der Waals surface area contributed by atoms with Crippen LogP contribution in [0.15, 0.2) is 12.1 Å². The number of aryl methyl sites for hydroxylation is 1. The third-order valence-electron chi connectivity index (χ3n) is 4.96. The molecule has 2 aromatic rings. The van der Waals surface area contributed by atoms with E-state index < -0.39 is 0 Å². The van der Waals surface area contributed by atoms with Gasteiger partial charge in [0.05, 0.1) is 12.1 Å². The van der Waals surface area contributed by atoms with Crippen LogP contribution >= 0.6 is 0 Å². The topological polar surface area (TPSA) is 87.9 Å². The van der Waals surface area contributed by atoms with E-state index >= 15 is 0 Å². The smallest absolute Gasteiger partial charge is 0.317 e. The van der Waals surface area contributed by atoms with Crippen LogP contribution in [0.25, 0.3) is 5.65 Å². The lowest BCUT2D eigenvalue weighted by molar-refractivity contribution is 0.107. The van der Waals surface area contributed by atoms with Crippen molar-refractivity contribution in [2.75, 3.05) is 38.2 Å². The Kier molecular flexibility index (Phi) is 4.16. The first-order valence-electron chi connectivity index (χ1n) is 8.68. The zero-order valence-electron chi connectivity index (χ0n) is 14.6. The molecule has 4 rings (SSSR count). The van der Waals surface area contributed by atoms with E-state index in [1.165, 1.54) is 0 Å². The van der Waals surface area contributed by atoms with Crippen molar-refractivity contribution < 1.29 is 9.53 Å². The van der Waals surface area contributed by atoms with Crippen LogP contribution in [0.2, 0.25) is 0 Å². The molecule has 134 valence electrons. The lowest BCUT2D eigenvalue weighted by atomic mass is 10.1. The molecule has 2 aromatic heterocycles. The summed E-state index contributed by atoms with van der Waals surface area (Å²) in [5.74, 6) is 1.64. The molecule has 0 aromatic carbocycles. The second kappa shape index (κ2) is 6.47. The largest absolute Gasteiger partial charge is 0.376 e. The van der Waals surface area contributed by atoms with Crippen LogP contribution in [0, 0.1) is 6.92 Å². The molecule has 2 aliphatic heterocycles. The molecule has 2 fully saturated rings. The maximum Gasteiger partial charge on any atom is 0.317 e. The highest BCUT2D eigenvalue weighted by Crippen LogP contribution is 2.21. The summed E-state index contributed by atoms with van der Waals surface area (Å²) in [6.07, 6.45) is 2.27. The number of hydrogen-bond acceptors (Lipinski definition) is 6. The van der Waals surface area contributed by atoms with Crippen LogP contribution < -0.4 is 10.2 Å². The number of anilines is 1. The number of rotatable bonds is 4. The number of fused-ring (bicyclic) bond motifs is 1. The van der Waals surface area contributed by atoms with Crippen LogP contribution in [-0.2, 0) is 4.74 Å². The number of ether oxygens (including phenoxy) is 1. The maximum absolute atomic E-state index is 12.3. The number of aromatic nitrogens is 4. The summed E-state index contributed by atoms with van der Waals surface area (Å²) in [6.45, 7) is 4.80. The molecule has 4 heterocycles. The number of nitrogens with zero attached hydrogens (tertiary/aromatic N) is 6. The molecule has 0 spiro atoms. The van der Waals surface area contributed by atoms with Crippen molar-refractivity contribution in [3.05, 3.63) is 18.0 Å². The number of likely N-dealkylation sites (N-methyl/N-ethyl adjacent to an activating group) is 1. The van der Waals surface area contributed by atoms with Crippen LogP contribution in [-0.4, -0.2) is 76.2 Å². The normalized spacial score (nSPS) is 20.7. The van der Waals surface area contributed by atoms with Gasteiger partial charge in [-0.15, -0.1) is 15.3 Å². The Morgan fingerprint density at radius 2 is 2.24 bits per heavy atom. The van der Waals surface area contributed by atoms with Gasteiger partial charge in [-0.05, 0) is 31.9 Å². The summed E-state index contributed by atoms with van der Waals surface area (Å²) in [5.41, 5.74) is 0.740. The predicted molar refractivity (Wildman–Crippen MR) is 91.7 cm³/mol. The SMILES string of the molecule is Cc1nnc2ccc(N3CC(N(C)C(=O)NCC4CCCO4)C3)nn12. The second-order valence-electron chi connectivity index (χ2n) is 6.70. The summed E-state index contributed by atoms with van der Waals surface area (Å²) < 4.78 is 7.27. The minimum absolute atomic E-state index is 0.0433. The number of hydrogen-bond donors (Lipinski definition) is 1. The Bertz CT molecular complexity index is 765. The Morgan fingerprint density at radius 3 is 3.00 bits per heavy atom. The summed E-state index contributed by atoms with van der Waals surface area (Å²) in [4.78, 5) is 16.2. The molecule has 1 N–H and O–H groups in total. The second-order valence-corrected chi connectivity index (χ2v) is 6.70. The van der Waals surface area contributed by atoms with Crippen molar-refractivity contribution in [1.29, 1.82) is 0 Å². The molecule has 25 heavy (non-hydrogen) atoms.